The van der Waals surface area contributed by atoms with Gasteiger partial charge in [0.1, 0.15) is 5.41 Å². The largest absolute Gasteiger partial charge is 0.481 e. The van der Waals surface area contributed by atoms with Crippen molar-refractivity contribution in [3.8, 4) is 0 Å². The van der Waals surface area contributed by atoms with E-state index in [4.69, 9.17) is 0 Å². The number of anilines is 1. The minimum absolute atomic E-state index is 0.372. The Labute approximate surface area is 113 Å². The van der Waals surface area contributed by atoms with Crippen LogP contribution in [-0.2, 0) is 10.2 Å². The van der Waals surface area contributed by atoms with E-state index >= 15 is 0 Å². The van der Waals surface area contributed by atoms with Gasteiger partial charge in [-0.25, -0.2) is 4.98 Å². The van der Waals surface area contributed by atoms with E-state index in [1.165, 1.54) is 11.3 Å². The Balaban J connectivity index is 2.97. The van der Waals surface area contributed by atoms with Crippen LogP contribution in [-0.4, -0.2) is 29.1 Å². The maximum absolute atomic E-state index is 11.2. The van der Waals surface area contributed by atoms with E-state index in [0.717, 1.165) is 5.13 Å². The number of carboxylic acids is 1. The third-order valence-corrected chi connectivity index (χ3v) is 4.48. The van der Waals surface area contributed by atoms with Crippen LogP contribution in [0.15, 0.2) is 5.38 Å². The van der Waals surface area contributed by atoms with Crippen LogP contribution in [0.2, 0.25) is 0 Å². The van der Waals surface area contributed by atoms with Crippen LogP contribution in [0.3, 0.4) is 0 Å². The quantitative estimate of drug-likeness (QED) is 0.893. The first kappa shape index (κ1) is 15.0. The summed E-state index contributed by atoms with van der Waals surface area (Å²) in [6.45, 7) is 9.84. The first-order valence-electron chi connectivity index (χ1n) is 6.10. The van der Waals surface area contributed by atoms with Crippen molar-refractivity contribution in [2.75, 3.05) is 11.9 Å². The number of hydrogen-bond donors (Lipinski definition) is 1. The zero-order valence-electron chi connectivity index (χ0n) is 11.9. The summed E-state index contributed by atoms with van der Waals surface area (Å²) >= 11 is 1.50. The molecule has 0 aliphatic rings. The van der Waals surface area contributed by atoms with E-state index in [1.807, 2.05) is 12.4 Å². The van der Waals surface area contributed by atoms with E-state index in [2.05, 4.69) is 30.7 Å². The highest BCUT2D eigenvalue weighted by atomic mass is 32.1. The summed E-state index contributed by atoms with van der Waals surface area (Å²) in [5.41, 5.74) is -0.311. The molecule has 1 aromatic rings. The van der Waals surface area contributed by atoms with Crippen LogP contribution in [0.5, 0.6) is 0 Å². The second-order valence-corrected chi connectivity index (χ2v) is 6.38. The van der Waals surface area contributed by atoms with Gasteiger partial charge in [0.25, 0.3) is 0 Å². The molecule has 0 saturated heterocycles. The van der Waals surface area contributed by atoms with Gasteiger partial charge in [0.15, 0.2) is 5.13 Å². The average Bonchev–Trinajstić information content (AvgIpc) is 2.76. The molecule has 1 aromatic heterocycles. The topological polar surface area (TPSA) is 53.4 Å². The molecule has 4 nitrogen and oxygen atoms in total. The fourth-order valence-corrected chi connectivity index (χ4v) is 2.49. The van der Waals surface area contributed by atoms with Crippen LogP contribution in [0.1, 0.15) is 40.3 Å². The van der Waals surface area contributed by atoms with Crippen molar-refractivity contribution in [3.63, 3.8) is 0 Å². The van der Waals surface area contributed by atoms with Crippen molar-refractivity contribution >= 4 is 22.4 Å². The molecule has 0 saturated carbocycles. The van der Waals surface area contributed by atoms with Gasteiger partial charge >= 0.3 is 5.97 Å². The van der Waals surface area contributed by atoms with Gasteiger partial charge < -0.3 is 10.0 Å². The summed E-state index contributed by atoms with van der Waals surface area (Å²) in [4.78, 5) is 17.8. The second-order valence-electron chi connectivity index (χ2n) is 5.54. The fraction of sp³-hybridized carbons (Fsp3) is 0.692. The van der Waals surface area contributed by atoms with Gasteiger partial charge in [0.2, 0.25) is 0 Å². The number of rotatable bonds is 5. The normalized spacial score (nSPS) is 13.7. The Morgan fingerprint density at radius 1 is 1.44 bits per heavy atom. The molecule has 1 N–H and O–H groups in total. The Hall–Kier alpha value is -1.10. The maximum Gasteiger partial charge on any atom is 0.315 e. The Morgan fingerprint density at radius 2 is 2.00 bits per heavy atom. The SMILES string of the molecule is CC(C)C(C)N(C)c1nc(C(C)(C)C(=O)O)cs1. The third-order valence-electron chi connectivity index (χ3n) is 3.54. The molecule has 0 spiro atoms. The number of thiazole rings is 1. The maximum atomic E-state index is 11.2. The van der Waals surface area contributed by atoms with E-state index in [0.29, 0.717) is 17.7 Å². The zero-order valence-corrected chi connectivity index (χ0v) is 12.7. The van der Waals surface area contributed by atoms with Gasteiger partial charge in [0, 0.05) is 18.5 Å². The van der Waals surface area contributed by atoms with E-state index < -0.39 is 11.4 Å². The van der Waals surface area contributed by atoms with Gasteiger partial charge in [-0.05, 0) is 26.7 Å². The summed E-state index contributed by atoms with van der Waals surface area (Å²) < 4.78 is 0. The van der Waals surface area contributed by atoms with Crippen LogP contribution in [0, 0.1) is 5.92 Å². The summed E-state index contributed by atoms with van der Waals surface area (Å²) in [6.07, 6.45) is 0. The van der Waals surface area contributed by atoms with Crippen LogP contribution in [0.4, 0.5) is 5.13 Å². The molecule has 1 heterocycles. The molecule has 1 rings (SSSR count). The predicted molar refractivity (Wildman–Crippen MR) is 75.5 cm³/mol. The number of hydrogen-bond acceptors (Lipinski definition) is 4. The summed E-state index contributed by atoms with van der Waals surface area (Å²) in [5.74, 6) is -0.325. The molecular formula is C13H22N2O2S. The monoisotopic (exact) mass is 270 g/mol. The number of aromatic nitrogens is 1. The number of carboxylic acid groups (broad SMARTS) is 1. The summed E-state index contributed by atoms with van der Waals surface area (Å²) in [7, 11) is 2.00. The van der Waals surface area contributed by atoms with Crippen molar-refractivity contribution in [2.45, 2.75) is 46.1 Å². The van der Waals surface area contributed by atoms with Gasteiger partial charge in [-0.1, -0.05) is 13.8 Å². The van der Waals surface area contributed by atoms with Gasteiger partial charge in [-0.2, -0.15) is 0 Å². The number of carbonyl (C=O) groups is 1. The van der Waals surface area contributed by atoms with Crippen molar-refractivity contribution in [1.29, 1.82) is 0 Å². The molecule has 0 aliphatic heterocycles. The average molecular weight is 270 g/mol. The van der Waals surface area contributed by atoms with Gasteiger partial charge in [-0.3, -0.25) is 4.79 Å². The smallest absolute Gasteiger partial charge is 0.315 e. The van der Waals surface area contributed by atoms with Crippen molar-refractivity contribution in [1.82, 2.24) is 4.98 Å². The first-order valence-corrected chi connectivity index (χ1v) is 6.98. The van der Waals surface area contributed by atoms with Crippen LogP contribution >= 0.6 is 11.3 Å². The molecule has 0 aliphatic carbocycles. The highest BCUT2D eigenvalue weighted by Crippen LogP contribution is 2.30. The van der Waals surface area contributed by atoms with Crippen LogP contribution in [0.25, 0.3) is 0 Å². The zero-order chi connectivity index (χ0) is 14.1. The van der Waals surface area contributed by atoms with Gasteiger partial charge in [0.05, 0.1) is 5.69 Å². The molecular weight excluding hydrogens is 248 g/mol. The minimum atomic E-state index is -0.934. The van der Waals surface area contributed by atoms with E-state index in [1.54, 1.807) is 13.8 Å². The Bertz CT molecular complexity index is 426. The van der Waals surface area contributed by atoms with Crippen molar-refractivity contribution in [2.24, 2.45) is 5.92 Å². The Kier molecular flexibility index (Phi) is 4.37. The lowest BCUT2D eigenvalue weighted by atomic mass is 9.90. The minimum Gasteiger partial charge on any atom is -0.481 e. The highest BCUT2D eigenvalue weighted by Gasteiger charge is 2.32. The lowest BCUT2D eigenvalue weighted by Crippen LogP contribution is -2.33. The molecule has 102 valence electrons. The van der Waals surface area contributed by atoms with Gasteiger partial charge in [-0.15, -0.1) is 11.3 Å². The summed E-state index contributed by atoms with van der Waals surface area (Å²) in [6, 6.07) is 0.372. The molecule has 5 heteroatoms. The highest BCUT2D eigenvalue weighted by molar-refractivity contribution is 7.13. The first-order chi connectivity index (χ1) is 8.17. The lowest BCUT2D eigenvalue weighted by molar-refractivity contribution is -0.142. The number of nitrogens with zero attached hydrogens (tertiary/aromatic N) is 2. The van der Waals surface area contributed by atoms with E-state index in [9.17, 15) is 9.90 Å². The predicted octanol–water partition coefficient (Wildman–Crippen LogP) is 2.99. The second kappa shape index (κ2) is 5.26. The number of aliphatic carboxylic acids is 1. The van der Waals surface area contributed by atoms with E-state index in [-0.39, 0.29) is 0 Å². The molecule has 0 amide bonds. The molecule has 1 atom stereocenters. The fourth-order valence-electron chi connectivity index (χ4n) is 1.44. The molecule has 1 unspecified atom stereocenters. The molecule has 0 radical (unpaired) electrons. The van der Waals surface area contributed by atoms with Crippen molar-refractivity contribution < 1.29 is 9.90 Å². The van der Waals surface area contributed by atoms with Crippen LogP contribution < -0.4 is 4.90 Å². The standard InChI is InChI=1S/C13H22N2O2S/c1-8(2)9(3)15(6)12-14-10(7-18-12)13(4,5)11(16)17/h7-9H,1-6H3,(H,16,17). The molecule has 0 fully saturated rings. The lowest BCUT2D eigenvalue weighted by Gasteiger charge is -2.27. The summed E-state index contributed by atoms with van der Waals surface area (Å²) in [5, 5.41) is 11.9. The Morgan fingerprint density at radius 3 is 2.44 bits per heavy atom. The van der Waals surface area contributed by atoms with Crippen molar-refractivity contribution in [3.05, 3.63) is 11.1 Å². The molecule has 18 heavy (non-hydrogen) atoms. The third kappa shape index (κ3) is 2.83. The molecule has 0 bridgehead atoms. The molecule has 0 aromatic carbocycles.